The van der Waals surface area contributed by atoms with Crippen LogP contribution in [0, 0.1) is 26.2 Å². The van der Waals surface area contributed by atoms with Gasteiger partial charge < -0.3 is 9.84 Å². The summed E-state index contributed by atoms with van der Waals surface area (Å²) in [5, 5.41) is 7.09. The molecule has 0 spiro atoms. The van der Waals surface area contributed by atoms with E-state index in [4.69, 9.17) is 10.9 Å². The Morgan fingerprint density at radius 1 is 1.22 bits per heavy atom. The molecule has 32 heavy (non-hydrogen) atoms. The van der Waals surface area contributed by atoms with E-state index in [0.717, 1.165) is 9.75 Å². The van der Waals surface area contributed by atoms with Crippen LogP contribution in [0.4, 0.5) is 5.69 Å². The van der Waals surface area contributed by atoms with E-state index in [1.807, 2.05) is 19.1 Å². The van der Waals surface area contributed by atoms with Crippen LogP contribution >= 0.6 is 11.3 Å². The van der Waals surface area contributed by atoms with Crippen LogP contribution in [0.5, 0.6) is 0 Å². The molecule has 2 amide bonds. The molecule has 0 fully saturated rings. The first kappa shape index (κ1) is 21.3. The summed E-state index contributed by atoms with van der Waals surface area (Å²) in [6.45, 7) is 3.58. The molecule has 8 heteroatoms. The lowest BCUT2D eigenvalue weighted by Gasteiger charge is -2.23. The first-order valence-electron chi connectivity index (χ1n) is 9.84. The monoisotopic (exact) mass is 444 g/mol. The summed E-state index contributed by atoms with van der Waals surface area (Å²) in [5.74, 6) is 1.87. The zero-order valence-corrected chi connectivity index (χ0v) is 18.6. The molecule has 3 aromatic heterocycles. The Morgan fingerprint density at radius 3 is 2.72 bits per heavy atom. The molecule has 0 radical (unpaired) electrons. The van der Waals surface area contributed by atoms with Gasteiger partial charge in [-0.25, -0.2) is 4.98 Å². The van der Waals surface area contributed by atoms with Gasteiger partial charge in [0.15, 0.2) is 0 Å². The summed E-state index contributed by atoms with van der Waals surface area (Å²) < 4.78 is 5.40. The average Bonchev–Trinajstić information content (AvgIpc) is 3.41. The molecule has 4 aromatic rings. The highest BCUT2D eigenvalue weighted by Gasteiger charge is 2.26. The molecule has 0 aliphatic carbocycles. The number of carbonyl (C=O) groups excluding carboxylic acids is 2. The van der Waals surface area contributed by atoms with E-state index in [1.165, 1.54) is 11.9 Å². The van der Waals surface area contributed by atoms with Crippen LogP contribution in [0.3, 0.4) is 0 Å². The van der Waals surface area contributed by atoms with Gasteiger partial charge in [-0.1, -0.05) is 17.1 Å². The van der Waals surface area contributed by atoms with Gasteiger partial charge in [-0.15, -0.1) is 17.8 Å². The second-order valence-electron chi connectivity index (χ2n) is 7.17. The van der Waals surface area contributed by atoms with Crippen LogP contribution in [-0.4, -0.2) is 35.5 Å². The molecule has 1 aromatic carbocycles. The van der Waals surface area contributed by atoms with Gasteiger partial charge in [-0.2, -0.15) is 0 Å². The van der Waals surface area contributed by atoms with Crippen LogP contribution in [0.1, 0.15) is 26.5 Å². The number of nitrogens with zero attached hydrogens (tertiary/aromatic N) is 3. The van der Waals surface area contributed by atoms with Gasteiger partial charge in [-0.3, -0.25) is 14.5 Å². The smallest absolute Gasteiger partial charge is 0.259 e. The maximum atomic E-state index is 13.8. The Hall–Kier alpha value is -3.96. The Bertz CT molecular complexity index is 1380. The quantitative estimate of drug-likeness (QED) is 0.471. The maximum Gasteiger partial charge on any atom is 0.259 e. The predicted molar refractivity (Wildman–Crippen MR) is 125 cm³/mol. The zero-order valence-electron chi connectivity index (χ0n) is 17.8. The van der Waals surface area contributed by atoms with Gasteiger partial charge in [-0.05, 0) is 50.2 Å². The lowest BCUT2D eigenvalue weighted by molar-refractivity contribution is -0.119. The van der Waals surface area contributed by atoms with Gasteiger partial charge in [0.05, 0.1) is 27.2 Å². The molecule has 0 unspecified atom stereocenters. The third-order valence-corrected chi connectivity index (χ3v) is 6.01. The molecule has 3 heterocycles. The van der Waals surface area contributed by atoms with Crippen LogP contribution in [0.15, 0.2) is 47.0 Å². The van der Waals surface area contributed by atoms with Crippen molar-refractivity contribution in [3.8, 4) is 22.9 Å². The summed E-state index contributed by atoms with van der Waals surface area (Å²) in [4.78, 5) is 34.1. The number of anilines is 1. The summed E-state index contributed by atoms with van der Waals surface area (Å²) in [6.07, 6.45) is 5.54. The zero-order chi connectivity index (χ0) is 22.8. The fraction of sp³-hybridized carbons (Fsp3) is 0.167. The number of pyridine rings is 1. The number of terminal acetylenes is 1. The van der Waals surface area contributed by atoms with Crippen LogP contribution in [0.25, 0.3) is 21.7 Å². The molecule has 0 atom stereocenters. The Labute approximate surface area is 189 Å². The minimum Gasteiger partial charge on any atom is -0.358 e. The second-order valence-corrected chi connectivity index (χ2v) is 8.46. The third kappa shape index (κ3) is 3.98. The highest BCUT2D eigenvalue weighted by atomic mass is 32.1. The molecule has 1 N–H and O–H groups in total. The molecule has 0 aliphatic rings. The second kappa shape index (κ2) is 8.65. The molecule has 160 valence electrons. The van der Waals surface area contributed by atoms with Crippen molar-refractivity contribution in [3.63, 3.8) is 0 Å². The number of fused-ring (bicyclic) bond motifs is 1. The van der Waals surface area contributed by atoms with Crippen molar-refractivity contribution in [2.45, 2.75) is 13.8 Å². The first-order chi connectivity index (χ1) is 15.4. The van der Waals surface area contributed by atoms with Crippen molar-refractivity contribution in [3.05, 3.63) is 64.2 Å². The topological polar surface area (TPSA) is 88.3 Å². The number of aromatic nitrogens is 2. The first-order valence-corrected chi connectivity index (χ1v) is 10.7. The number of hydrogen-bond donors (Lipinski definition) is 1. The van der Waals surface area contributed by atoms with E-state index in [-0.39, 0.29) is 24.1 Å². The highest BCUT2D eigenvalue weighted by Crippen LogP contribution is 2.32. The van der Waals surface area contributed by atoms with E-state index >= 15 is 0 Å². The van der Waals surface area contributed by atoms with Crippen molar-refractivity contribution in [2.75, 3.05) is 18.5 Å². The third-order valence-electron chi connectivity index (χ3n) is 4.99. The fourth-order valence-corrected chi connectivity index (χ4v) is 4.20. The van der Waals surface area contributed by atoms with Gasteiger partial charge in [0, 0.05) is 23.2 Å². The minimum absolute atomic E-state index is 0.176. The van der Waals surface area contributed by atoms with Crippen LogP contribution in [0.2, 0.25) is 0 Å². The number of aryl methyl sites for hydroxylation is 2. The molecule has 0 saturated heterocycles. The summed E-state index contributed by atoms with van der Waals surface area (Å²) in [7, 11) is 1.52. The van der Waals surface area contributed by atoms with E-state index in [0.29, 0.717) is 33.6 Å². The number of amides is 2. The summed E-state index contributed by atoms with van der Waals surface area (Å²) in [6, 6.07) is 12.6. The van der Waals surface area contributed by atoms with E-state index in [9.17, 15) is 9.59 Å². The van der Waals surface area contributed by atoms with Crippen molar-refractivity contribution < 1.29 is 14.1 Å². The number of hydrogen-bond acceptors (Lipinski definition) is 6. The van der Waals surface area contributed by atoms with Gasteiger partial charge in [0.25, 0.3) is 11.6 Å². The Balaban J connectivity index is 1.89. The Kier molecular flexibility index (Phi) is 5.75. The number of nitrogens with one attached hydrogen (secondary N) is 1. The number of likely N-dealkylation sites (N-methyl/N-ethyl adjacent to an activating group) is 1. The maximum absolute atomic E-state index is 13.8. The fourth-order valence-electron chi connectivity index (χ4n) is 3.37. The molecular weight excluding hydrogens is 424 g/mol. The average molecular weight is 445 g/mol. The van der Waals surface area contributed by atoms with Gasteiger partial charge >= 0.3 is 0 Å². The van der Waals surface area contributed by atoms with Crippen molar-refractivity contribution in [1.82, 2.24) is 15.5 Å². The normalized spacial score (nSPS) is 10.7. The van der Waals surface area contributed by atoms with Crippen molar-refractivity contribution >= 4 is 39.9 Å². The summed E-state index contributed by atoms with van der Waals surface area (Å²) >= 11 is 1.56. The molecule has 0 bridgehead atoms. The molecule has 0 aliphatic heterocycles. The predicted octanol–water partition coefficient (Wildman–Crippen LogP) is 3.94. The molecule has 0 saturated carbocycles. The van der Waals surface area contributed by atoms with E-state index < -0.39 is 0 Å². The number of rotatable bonds is 5. The van der Waals surface area contributed by atoms with Crippen LogP contribution in [-0.2, 0) is 4.79 Å². The standard InChI is InChI=1S/C24H20N4O3S/c1-5-16-7-6-8-17(11-16)28(13-21(29)25-4)24(30)18-12-19(20-10-9-14(2)32-20)26-23-22(18)15(3)27-31-23/h1,6-12H,13H2,2-4H3,(H,25,29). The largest absolute Gasteiger partial charge is 0.358 e. The lowest BCUT2D eigenvalue weighted by Crippen LogP contribution is -2.40. The molecule has 4 rings (SSSR count). The summed E-state index contributed by atoms with van der Waals surface area (Å²) in [5.41, 5.74) is 2.89. The number of thiophene rings is 1. The highest BCUT2D eigenvalue weighted by molar-refractivity contribution is 7.15. The van der Waals surface area contributed by atoms with Crippen LogP contribution < -0.4 is 10.2 Å². The van der Waals surface area contributed by atoms with E-state index in [2.05, 4.69) is 21.4 Å². The molecule has 7 nitrogen and oxygen atoms in total. The van der Waals surface area contributed by atoms with Gasteiger partial charge in [0.1, 0.15) is 6.54 Å². The molecular formula is C24H20N4O3S. The van der Waals surface area contributed by atoms with Gasteiger partial charge in [0.2, 0.25) is 5.91 Å². The number of benzene rings is 1. The van der Waals surface area contributed by atoms with E-state index in [1.54, 1.807) is 48.6 Å². The lowest BCUT2D eigenvalue weighted by atomic mass is 10.1. The SMILES string of the molecule is C#Cc1cccc(N(CC(=O)NC)C(=O)c2cc(-c3ccc(C)s3)nc3onc(C)c23)c1. The van der Waals surface area contributed by atoms with Crippen molar-refractivity contribution in [1.29, 1.82) is 0 Å². The minimum atomic E-state index is -0.379. The Morgan fingerprint density at radius 2 is 2.03 bits per heavy atom. The number of carbonyl (C=O) groups is 2. The van der Waals surface area contributed by atoms with Crippen molar-refractivity contribution in [2.24, 2.45) is 0 Å².